The highest BCUT2D eigenvalue weighted by molar-refractivity contribution is 6.96. The van der Waals surface area contributed by atoms with Gasteiger partial charge in [-0.3, -0.25) is 9.98 Å². The lowest BCUT2D eigenvalue weighted by Crippen LogP contribution is -2.20. The van der Waals surface area contributed by atoms with E-state index in [4.69, 9.17) is 9.47 Å². The van der Waals surface area contributed by atoms with E-state index in [1.807, 2.05) is 0 Å². The van der Waals surface area contributed by atoms with E-state index in [1.165, 1.54) is 0 Å². The van der Waals surface area contributed by atoms with E-state index in [9.17, 15) is 0 Å². The summed E-state index contributed by atoms with van der Waals surface area (Å²) in [7, 11) is 1.74. The van der Waals surface area contributed by atoms with Crippen molar-refractivity contribution in [1.82, 2.24) is 0 Å². The molecule has 2 heterocycles. The van der Waals surface area contributed by atoms with Crippen LogP contribution < -0.4 is 0 Å². The summed E-state index contributed by atoms with van der Waals surface area (Å²) in [6.07, 6.45) is 0. The minimum absolute atomic E-state index is 0.644. The Kier molecular flexibility index (Phi) is 1.79. The number of ether oxygens (including phenoxy) is 2. The summed E-state index contributed by atoms with van der Waals surface area (Å²) in [5.41, 5.74) is 0. The van der Waals surface area contributed by atoms with E-state index in [-0.39, 0.29) is 0 Å². The van der Waals surface area contributed by atoms with Crippen molar-refractivity contribution in [3.8, 4) is 0 Å². The molecule has 2 aliphatic rings. The molecule has 4 nitrogen and oxygen atoms in total. The SMILES string of the molecule is [B](C1=NCCO1)C1=NCCO1. The molecule has 0 aromatic heterocycles. The first kappa shape index (κ1) is 6.70. The molecule has 57 valence electrons. The Morgan fingerprint density at radius 2 is 1.55 bits per heavy atom. The van der Waals surface area contributed by atoms with E-state index in [2.05, 4.69) is 9.98 Å². The highest BCUT2D eigenvalue weighted by atomic mass is 16.5. The van der Waals surface area contributed by atoms with Crippen LogP contribution in [-0.4, -0.2) is 45.2 Å². The zero-order valence-corrected chi connectivity index (χ0v) is 6.12. The third-order valence-electron chi connectivity index (χ3n) is 1.46. The number of hydrogen-bond acceptors (Lipinski definition) is 4. The molecule has 0 bridgehead atoms. The van der Waals surface area contributed by atoms with Crippen molar-refractivity contribution < 1.29 is 9.47 Å². The molecule has 0 saturated heterocycles. The number of aliphatic imine (C=N–C) groups is 2. The summed E-state index contributed by atoms with van der Waals surface area (Å²) >= 11 is 0. The molecule has 11 heavy (non-hydrogen) atoms. The van der Waals surface area contributed by atoms with E-state index < -0.39 is 0 Å². The fourth-order valence-electron chi connectivity index (χ4n) is 0.984. The summed E-state index contributed by atoms with van der Waals surface area (Å²) in [6, 6.07) is 0. The smallest absolute Gasteiger partial charge is 0.340 e. The van der Waals surface area contributed by atoms with Gasteiger partial charge in [-0.25, -0.2) is 0 Å². The second-order valence-corrected chi connectivity index (χ2v) is 2.28. The topological polar surface area (TPSA) is 43.2 Å². The Hall–Kier alpha value is -0.995. The van der Waals surface area contributed by atoms with Crippen LogP contribution in [0.2, 0.25) is 0 Å². The maximum absolute atomic E-state index is 5.15. The average Bonchev–Trinajstić information content (AvgIpc) is 2.60. The molecule has 0 aromatic rings. The van der Waals surface area contributed by atoms with E-state index in [1.54, 1.807) is 7.28 Å². The molecule has 0 spiro atoms. The van der Waals surface area contributed by atoms with Gasteiger partial charge in [-0.15, -0.1) is 0 Å². The maximum Gasteiger partial charge on any atom is 0.340 e. The van der Waals surface area contributed by atoms with Crippen LogP contribution in [0.5, 0.6) is 0 Å². The van der Waals surface area contributed by atoms with Gasteiger partial charge in [0.25, 0.3) is 0 Å². The standard InChI is InChI=1S/C6H8BN2O2/c1-3-10-5(8-1)7-6-9-2-4-11-6/h1-4H2. The lowest BCUT2D eigenvalue weighted by Gasteiger charge is -1.99. The monoisotopic (exact) mass is 151 g/mol. The molecule has 0 fully saturated rings. The van der Waals surface area contributed by atoms with Crippen LogP contribution in [0.1, 0.15) is 0 Å². The molecule has 0 atom stereocenters. The third-order valence-corrected chi connectivity index (χ3v) is 1.46. The molecule has 0 aliphatic carbocycles. The molecular weight excluding hydrogens is 143 g/mol. The van der Waals surface area contributed by atoms with Crippen LogP contribution in [0.3, 0.4) is 0 Å². The summed E-state index contributed by atoms with van der Waals surface area (Å²) in [5.74, 6) is 1.29. The molecule has 0 amide bonds. The first-order chi connectivity index (χ1) is 5.45. The second-order valence-electron chi connectivity index (χ2n) is 2.28. The van der Waals surface area contributed by atoms with Gasteiger partial charge in [0.2, 0.25) is 0 Å². The molecule has 0 aromatic carbocycles. The Labute approximate surface area is 65.6 Å². The predicted molar refractivity (Wildman–Crippen MR) is 42.3 cm³/mol. The highest BCUT2D eigenvalue weighted by Gasteiger charge is 2.17. The molecule has 2 rings (SSSR count). The first-order valence-electron chi connectivity index (χ1n) is 3.64. The zero-order valence-electron chi connectivity index (χ0n) is 6.12. The Bertz CT molecular complexity index is 193. The van der Waals surface area contributed by atoms with Gasteiger partial charge in [0.15, 0.2) is 0 Å². The fourth-order valence-corrected chi connectivity index (χ4v) is 0.984. The number of rotatable bonds is 2. The van der Waals surface area contributed by atoms with Crippen LogP contribution >= 0.6 is 0 Å². The van der Waals surface area contributed by atoms with Crippen molar-refractivity contribution in [3.05, 3.63) is 0 Å². The van der Waals surface area contributed by atoms with E-state index in [0.717, 1.165) is 13.1 Å². The van der Waals surface area contributed by atoms with Gasteiger partial charge in [-0.05, 0) is 0 Å². The zero-order chi connectivity index (χ0) is 7.52. The Balaban J connectivity index is 1.89. The summed E-state index contributed by atoms with van der Waals surface area (Å²) in [6.45, 7) is 2.86. The molecule has 2 aliphatic heterocycles. The maximum atomic E-state index is 5.15. The number of hydrogen-bond donors (Lipinski definition) is 0. The molecule has 0 unspecified atom stereocenters. The highest BCUT2D eigenvalue weighted by Crippen LogP contribution is 1.97. The Morgan fingerprint density at radius 3 is 1.91 bits per heavy atom. The second kappa shape index (κ2) is 2.94. The third kappa shape index (κ3) is 1.53. The summed E-state index contributed by atoms with van der Waals surface area (Å²) in [5, 5.41) is 0. The first-order valence-corrected chi connectivity index (χ1v) is 3.64. The van der Waals surface area contributed by atoms with Gasteiger partial charge in [0.05, 0.1) is 13.1 Å². The van der Waals surface area contributed by atoms with Crippen LogP contribution in [0, 0.1) is 0 Å². The van der Waals surface area contributed by atoms with Gasteiger partial charge < -0.3 is 9.47 Å². The van der Waals surface area contributed by atoms with Crippen molar-refractivity contribution in [2.75, 3.05) is 26.3 Å². The van der Waals surface area contributed by atoms with Gasteiger partial charge in [-0.2, -0.15) is 0 Å². The van der Waals surface area contributed by atoms with Crippen molar-refractivity contribution in [3.63, 3.8) is 0 Å². The molecule has 1 radical (unpaired) electrons. The van der Waals surface area contributed by atoms with Gasteiger partial charge in [-0.1, -0.05) is 0 Å². The van der Waals surface area contributed by atoms with Crippen LogP contribution in [-0.2, 0) is 9.47 Å². The summed E-state index contributed by atoms with van der Waals surface area (Å²) < 4.78 is 10.3. The van der Waals surface area contributed by atoms with Crippen LogP contribution in [0.25, 0.3) is 0 Å². The molecule has 0 N–H and O–H groups in total. The quantitative estimate of drug-likeness (QED) is 0.497. The molecule has 0 saturated carbocycles. The van der Waals surface area contributed by atoms with Gasteiger partial charge >= 0.3 is 7.28 Å². The van der Waals surface area contributed by atoms with Crippen LogP contribution in [0.4, 0.5) is 0 Å². The predicted octanol–water partition coefficient (Wildman–Crippen LogP) is -0.537. The molecule has 5 heteroatoms. The lowest BCUT2D eigenvalue weighted by atomic mass is 9.78. The van der Waals surface area contributed by atoms with Crippen molar-refractivity contribution >= 4 is 18.9 Å². The van der Waals surface area contributed by atoms with E-state index in [0.29, 0.717) is 24.8 Å². The molecular formula is C6H8BN2O2. The van der Waals surface area contributed by atoms with Gasteiger partial charge in [0, 0.05) is 0 Å². The average molecular weight is 151 g/mol. The number of nitrogens with zero attached hydrogens (tertiary/aromatic N) is 2. The minimum Gasteiger partial charge on any atom is -0.488 e. The van der Waals surface area contributed by atoms with Gasteiger partial charge in [0.1, 0.15) is 24.8 Å². The normalized spacial score (nSPS) is 21.8. The summed E-state index contributed by atoms with van der Waals surface area (Å²) in [4.78, 5) is 8.15. The largest absolute Gasteiger partial charge is 0.488 e. The lowest BCUT2D eigenvalue weighted by molar-refractivity contribution is 0.348. The fraction of sp³-hybridized carbons (Fsp3) is 0.667. The van der Waals surface area contributed by atoms with Crippen molar-refractivity contribution in [1.29, 1.82) is 0 Å². The van der Waals surface area contributed by atoms with E-state index >= 15 is 0 Å². The van der Waals surface area contributed by atoms with Crippen molar-refractivity contribution in [2.24, 2.45) is 9.98 Å². The Morgan fingerprint density at radius 1 is 1.00 bits per heavy atom. The van der Waals surface area contributed by atoms with Crippen LogP contribution in [0.15, 0.2) is 9.98 Å². The van der Waals surface area contributed by atoms with Crippen molar-refractivity contribution in [2.45, 2.75) is 0 Å². The minimum atomic E-state index is 0.644.